The van der Waals surface area contributed by atoms with Gasteiger partial charge in [-0.2, -0.15) is 4.98 Å². The molecular weight excluding hydrogens is 346 g/mol. The Morgan fingerprint density at radius 2 is 2.11 bits per heavy atom. The summed E-state index contributed by atoms with van der Waals surface area (Å²) < 4.78 is 15.7. The van der Waals surface area contributed by atoms with Crippen LogP contribution < -0.4 is 10.1 Å². The Labute approximate surface area is 156 Å². The molecule has 1 amide bonds. The molecule has 0 bridgehead atoms. The van der Waals surface area contributed by atoms with Crippen molar-refractivity contribution >= 4 is 16.7 Å². The van der Waals surface area contributed by atoms with E-state index in [9.17, 15) is 4.79 Å². The maximum Gasteiger partial charge on any atom is 0.225 e. The van der Waals surface area contributed by atoms with Crippen LogP contribution in [0.1, 0.15) is 24.2 Å². The molecule has 1 aliphatic rings. The first-order chi connectivity index (χ1) is 13.2. The van der Waals surface area contributed by atoms with E-state index in [0.29, 0.717) is 31.9 Å². The van der Waals surface area contributed by atoms with Crippen LogP contribution in [0.2, 0.25) is 0 Å². The van der Waals surface area contributed by atoms with Crippen molar-refractivity contribution in [2.75, 3.05) is 20.3 Å². The number of fused-ring (bicyclic) bond motifs is 1. The van der Waals surface area contributed by atoms with Crippen LogP contribution in [-0.2, 0) is 21.5 Å². The van der Waals surface area contributed by atoms with E-state index in [1.165, 1.54) is 6.39 Å². The monoisotopic (exact) mass is 367 g/mol. The van der Waals surface area contributed by atoms with E-state index in [0.717, 1.165) is 22.1 Å². The second kappa shape index (κ2) is 7.36. The summed E-state index contributed by atoms with van der Waals surface area (Å²) in [5.74, 6) is 1.18. The number of nitrogens with one attached hydrogen (secondary N) is 1. The second-order valence-corrected chi connectivity index (χ2v) is 6.68. The molecule has 0 radical (unpaired) electrons. The summed E-state index contributed by atoms with van der Waals surface area (Å²) in [7, 11) is 1.64. The van der Waals surface area contributed by atoms with Crippen LogP contribution in [0.3, 0.4) is 0 Å². The number of nitrogens with zero attached hydrogens (tertiary/aromatic N) is 2. The first-order valence-corrected chi connectivity index (χ1v) is 8.91. The van der Waals surface area contributed by atoms with Gasteiger partial charge in [0.2, 0.25) is 12.3 Å². The highest BCUT2D eigenvalue weighted by molar-refractivity contribution is 5.91. The fourth-order valence-electron chi connectivity index (χ4n) is 3.59. The van der Waals surface area contributed by atoms with Crippen LogP contribution in [0, 0.1) is 0 Å². The summed E-state index contributed by atoms with van der Waals surface area (Å²) in [5.41, 5.74) is 0.296. The molecule has 3 aromatic rings. The van der Waals surface area contributed by atoms with Gasteiger partial charge in [-0.3, -0.25) is 4.79 Å². The van der Waals surface area contributed by atoms with Crippen LogP contribution in [-0.4, -0.2) is 36.4 Å². The number of methoxy groups -OCH3 is 1. The molecule has 0 aliphatic carbocycles. The van der Waals surface area contributed by atoms with Crippen LogP contribution in [0.15, 0.2) is 47.3 Å². The lowest BCUT2D eigenvalue weighted by atomic mass is 9.88. The number of ether oxygens (including phenoxy) is 2. The molecule has 1 N–H and O–H groups in total. The lowest BCUT2D eigenvalue weighted by Gasteiger charge is -2.35. The van der Waals surface area contributed by atoms with Gasteiger partial charge in [-0.25, -0.2) is 0 Å². The second-order valence-electron chi connectivity index (χ2n) is 6.68. The summed E-state index contributed by atoms with van der Waals surface area (Å²) in [5, 5.41) is 9.19. The molecule has 2 heterocycles. The van der Waals surface area contributed by atoms with Crippen LogP contribution in [0.4, 0.5) is 0 Å². The zero-order valence-corrected chi connectivity index (χ0v) is 15.1. The molecule has 140 valence electrons. The van der Waals surface area contributed by atoms with Gasteiger partial charge < -0.3 is 19.3 Å². The maximum atomic E-state index is 12.9. The van der Waals surface area contributed by atoms with E-state index in [-0.39, 0.29) is 12.3 Å². The number of hydrogen-bond donors (Lipinski definition) is 1. The fraction of sp³-hybridized carbons (Fsp3) is 0.350. The maximum absolute atomic E-state index is 12.9. The van der Waals surface area contributed by atoms with E-state index in [1.54, 1.807) is 7.11 Å². The third kappa shape index (κ3) is 3.50. The van der Waals surface area contributed by atoms with Gasteiger partial charge in [-0.1, -0.05) is 29.4 Å². The molecule has 27 heavy (non-hydrogen) atoms. The molecule has 0 spiro atoms. The summed E-state index contributed by atoms with van der Waals surface area (Å²) in [6.07, 6.45) is 2.77. The summed E-state index contributed by atoms with van der Waals surface area (Å²) in [6, 6.07) is 11.8. The van der Waals surface area contributed by atoms with Gasteiger partial charge >= 0.3 is 0 Å². The highest BCUT2D eigenvalue weighted by Crippen LogP contribution is 2.30. The van der Waals surface area contributed by atoms with Crippen molar-refractivity contribution < 1.29 is 18.8 Å². The van der Waals surface area contributed by atoms with Crippen LogP contribution >= 0.6 is 0 Å². The van der Waals surface area contributed by atoms with E-state index < -0.39 is 5.54 Å². The van der Waals surface area contributed by atoms with Crippen molar-refractivity contribution in [2.24, 2.45) is 0 Å². The first-order valence-electron chi connectivity index (χ1n) is 8.91. The Morgan fingerprint density at radius 1 is 1.26 bits per heavy atom. The van der Waals surface area contributed by atoms with Gasteiger partial charge in [0, 0.05) is 26.1 Å². The molecule has 7 heteroatoms. The Bertz CT molecular complexity index is 934. The van der Waals surface area contributed by atoms with Gasteiger partial charge in [0.05, 0.1) is 13.5 Å². The Kier molecular flexibility index (Phi) is 4.77. The molecule has 7 nitrogen and oxygen atoms in total. The number of hydrogen-bond acceptors (Lipinski definition) is 6. The van der Waals surface area contributed by atoms with Crippen molar-refractivity contribution in [1.29, 1.82) is 0 Å². The topological polar surface area (TPSA) is 86.5 Å². The van der Waals surface area contributed by atoms with Gasteiger partial charge in [0.1, 0.15) is 11.3 Å². The number of aromatic nitrogens is 2. The SMILES string of the molecule is COc1ccc2cccc(CC(=O)NC3(c4ncon4)CCOCC3)c2c1. The summed E-state index contributed by atoms with van der Waals surface area (Å²) >= 11 is 0. The van der Waals surface area contributed by atoms with E-state index in [4.69, 9.17) is 14.0 Å². The van der Waals surface area contributed by atoms with Crippen molar-refractivity contribution in [1.82, 2.24) is 15.5 Å². The minimum absolute atomic E-state index is 0.0861. The van der Waals surface area contributed by atoms with Crippen molar-refractivity contribution in [3.05, 3.63) is 54.2 Å². The number of benzene rings is 2. The Balaban J connectivity index is 1.59. The van der Waals surface area contributed by atoms with E-state index in [2.05, 4.69) is 15.5 Å². The molecule has 1 aliphatic heterocycles. The molecule has 0 saturated carbocycles. The molecule has 1 saturated heterocycles. The molecule has 0 unspecified atom stereocenters. The van der Waals surface area contributed by atoms with Crippen LogP contribution in [0.5, 0.6) is 5.75 Å². The average molecular weight is 367 g/mol. The molecule has 0 atom stereocenters. The fourth-order valence-corrected chi connectivity index (χ4v) is 3.59. The van der Waals surface area contributed by atoms with Gasteiger partial charge in [-0.15, -0.1) is 0 Å². The highest BCUT2D eigenvalue weighted by atomic mass is 16.5. The van der Waals surface area contributed by atoms with E-state index >= 15 is 0 Å². The van der Waals surface area contributed by atoms with Gasteiger partial charge in [-0.05, 0) is 28.5 Å². The molecular formula is C20H21N3O4. The smallest absolute Gasteiger partial charge is 0.225 e. The van der Waals surface area contributed by atoms with Gasteiger partial charge in [0.15, 0.2) is 5.82 Å². The predicted octanol–water partition coefficient (Wildman–Crippen LogP) is 2.60. The normalized spacial score (nSPS) is 16.2. The largest absolute Gasteiger partial charge is 0.497 e. The van der Waals surface area contributed by atoms with E-state index in [1.807, 2.05) is 36.4 Å². The third-order valence-electron chi connectivity index (χ3n) is 5.04. The highest BCUT2D eigenvalue weighted by Gasteiger charge is 2.39. The van der Waals surface area contributed by atoms with Gasteiger partial charge in [0.25, 0.3) is 0 Å². The quantitative estimate of drug-likeness (QED) is 0.746. The number of carbonyl (C=O) groups is 1. The third-order valence-corrected chi connectivity index (χ3v) is 5.04. The van der Waals surface area contributed by atoms with Crippen molar-refractivity contribution in [3.8, 4) is 5.75 Å². The van der Waals surface area contributed by atoms with Crippen molar-refractivity contribution in [3.63, 3.8) is 0 Å². The predicted molar refractivity (Wildman–Crippen MR) is 98.4 cm³/mol. The average Bonchev–Trinajstić information content (AvgIpc) is 3.24. The summed E-state index contributed by atoms with van der Waals surface area (Å²) in [4.78, 5) is 17.1. The molecule has 4 rings (SSSR count). The lowest BCUT2D eigenvalue weighted by Crippen LogP contribution is -2.50. The zero-order valence-electron chi connectivity index (χ0n) is 15.1. The molecule has 1 aromatic heterocycles. The summed E-state index contributed by atoms with van der Waals surface area (Å²) in [6.45, 7) is 1.08. The minimum atomic E-state index is -0.648. The van der Waals surface area contributed by atoms with Crippen molar-refractivity contribution in [2.45, 2.75) is 24.8 Å². The molecule has 1 fully saturated rings. The molecule has 2 aromatic carbocycles. The first kappa shape index (κ1) is 17.5. The van der Waals surface area contributed by atoms with Crippen LogP contribution in [0.25, 0.3) is 10.8 Å². The standard InChI is InChI=1S/C20H21N3O4/c1-25-16-6-5-14-3-2-4-15(17(14)12-16)11-18(24)22-20(7-9-26-10-8-20)19-21-13-27-23-19/h2-6,12-13H,7-11H2,1H3,(H,22,24). The number of rotatable bonds is 5. The Morgan fingerprint density at radius 3 is 2.85 bits per heavy atom. The number of amides is 1. The zero-order chi connectivity index (χ0) is 18.7. The lowest BCUT2D eigenvalue weighted by molar-refractivity contribution is -0.124. The Hall–Kier alpha value is -2.93. The number of carbonyl (C=O) groups excluding carboxylic acids is 1. The minimum Gasteiger partial charge on any atom is -0.497 e.